The Bertz CT molecular complexity index is 1030. The smallest absolute Gasteiger partial charge is 0.337 e. The number of ether oxygens (including phenoxy) is 1. The molecule has 0 amide bonds. The minimum atomic E-state index is -0.542. The van der Waals surface area contributed by atoms with Crippen molar-refractivity contribution in [3.63, 3.8) is 0 Å². The monoisotopic (exact) mass is 422 g/mol. The average Bonchev–Trinajstić information content (AvgIpc) is 2.79. The summed E-state index contributed by atoms with van der Waals surface area (Å²) < 4.78 is 31.1. The molecule has 0 saturated carbocycles. The van der Waals surface area contributed by atoms with E-state index in [4.69, 9.17) is 4.74 Å². The third kappa shape index (κ3) is 5.69. The number of rotatable bonds is 8. The van der Waals surface area contributed by atoms with E-state index in [2.05, 4.69) is 0 Å². The summed E-state index contributed by atoms with van der Waals surface area (Å²) in [6, 6.07) is 16.9. The van der Waals surface area contributed by atoms with Crippen molar-refractivity contribution < 1.29 is 27.9 Å². The number of halogens is 2. The highest BCUT2D eigenvalue weighted by Gasteiger charge is 2.22. The van der Waals surface area contributed by atoms with Crippen molar-refractivity contribution >= 4 is 17.5 Å². The minimum Gasteiger partial charge on any atom is -0.465 e. The summed E-state index contributed by atoms with van der Waals surface area (Å²) in [5, 5.41) is 0. The van der Waals surface area contributed by atoms with Crippen LogP contribution >= 0.6 is 0 Å². The molecule has 3 aromatic carbocycles. The van der Waals surface area contributed by atoms with Crippen LogP contribution in [0, 0.1) is 11.6 Å². The Morgan fingerprint density at radius 2 is 1.23 bits per heavy atom. The molecule has 158 valence electrons. The van der Waals surface area contributed by atoms with Crippen LogP contribution < -0.4 is 0 Å². The van der Waals surface area contributed by atoms with Gasteiger partial charge in [-0.2, -0.15) is 0 Å². The summed E-state index contributed by atoms with van der Waals surface area (Å²) in [7, 11) is 1.27. The van der Waals surface area contributed by atoms with Crippen molar-refractivity contribution in [2.24, 2.45) is 0 Å². The number of Topliss-reactive ketones (excluding diaryl/α,β-unsaturated/α-hetero) is 2. The van der Waals surface area contributed by atoms with E-state index in [0.717, 1.165) is 0 Å². The molecular formula is C25H20F2O4. The molecule has 3 aromatic rings. The van der Waals surface area contributed by atoms with Gasteiger partial charge in [0.1, 0.15) is 11.6 Å². The summed E-state index contributed by atoms with van der Waals surface area (Å²) >= 11 is 0. The minimum absolute atomic E-state index is 0.0246. The maximum absolute atomic E-state index is 13.2. The number of hydrogen-bond donors (Lipinski definition) is 0. The van der Waals surface area contributed by atoms with E-state index in [1.54, 1.807) is 24.3 Å². The number of benzene rings is 3. The van der Waals surface area contributed by atoms with E-state index >= 15 is 0 Å². The van der Waals surface area contributed by atoms with Crippen molar-refractivity contribution in [2.75, 3.05) is 7.11 Å². The number of carbonyl (C=O) groups excluding carboxylic acids is 3. The molecule has 0 aliphatic heterocycles. The van der Waals surface area contributed by atoms with Gasteiger partial charge >= 0.3 is 5.97 Å². The second-order valence-electron chi connectivity index (χ2n) is 7.08. The van der Waals surface area contributed by atoms with E-state index in [1.165, 1.54) is 55.6 Å². The van der Waals surface area contributed by atoms with Gasteiger partial charge in [0, 0.05) is 24.0 Å². The van der Waals surface area contributed by atoms with Crippen LogP contribution in [-0.4, -0.2) is 24.6 Å². The number of esters is 1. The quantitative estimate of drug-likeness (QED) is 0.361. The molecule has 0 radical (unpaired) electrons. The Labute approximate surface area is 178 Å². The number of hydrogen-bond acceptors (Lipinski definition) is 4. The van der Waals surface area contributed by atoms with Gasteiger partial charge in [-0.25, -0.2) is 13.6 Å². The highest BCUT2D eigenvalue weighted by Crippen LogP contribution is 2.28. The van der Waals surface area contributed by atoms with Crippen LogP contribution in [0.25, 0.3) is 0 Å². The van der Waals surface area contributed by atoms with Gasteiger partial charge in [-0.05, 0) is 72.1 Å². The Hall–Kier alpha value is -3.67. The highest BCUT2D eigenvalue weighted by molar-refractivity contribution is 5.99. The second-order valence-corrected chi connectivity index (χ2v) is 7.08. The van der Waals surface area contributed by atoms with Crippen LogP contribution in [0.15, 0.2) is 72.8 Å². The van der Waals surface area contributed by atoms with Crippen LogP contribution in [0.3, 0.4) is 0 Å². The first kappa shape index (κ1) is 22.0. The van der Waals surface area contributed by atoms with Crippen LogP contribution in [-0.2, 0) is 4.74 Å². The van der Waals surface area contributed by atoms with Crippen molar-refractivity contribution in [1.29, 1.82) is 0 Å². The standard InChI is InChI=1S/C25H20F2O4/c1-31-25(30)19-4-2-3-18(13-19)20(14-23(28)16-5-9-21(26)10-6-16)15-24(29)17-7-11-22(27)12-8-17/h2-13,20H,14-15H2,1H3. The Kier molecular flexibility index (Phi) is 7.03. The zero-order valence-corrected chi connectivity index (χ0v) is 16.8. The zero-order chi connectivity index (χ0) is 22.4. The van der Waals surface area contributed by atoms with Gasteiger partial charge in [0.05, 0.1) is 12.7 Å². The van der Waals surface area contributed by atoms with E-state index < -0.39 is 23.5 Å². The van der Waals surface area contributed by atoms with Gasteiger partial charge in [-0.3, -0.25) is 9.59 Å². The topological polar surface area (TPSA) is 60.4 Å². The fourth-order valence-electron chi connectivity index (χ4n) is 3.30. The molecule has 31 heavy (non-hydrogen) atoms. The molecule has 6 heteroatoms. The molecule has 0 aromatic heterocycles. The third-order valence-corrected chi connectivity index (χ3v) is 4.98. The molecule has 0 saturated heterocycles. The predicted octanol–water partition coefficient (Wildman–Crippen LogP) is 5.38. The molecule has 0 heterocycles. The molecule has 3 rings (SSSR count). The number of carbonyl (C=O) groups is 3. The Morgan fingerprint density at radius 3 is 1.68 bits per heavy atom. The number of methoxy groups -OCH3 is 1. The van der Waals surface area contributed by atoms with Gasteiger partial charge in [0.25, 0.3) is 0 Å². The van der Waals surface area contributed by atoms with Crippen molar-refractivity contribution in [3.8, 4) is 0 Å². The zero-order valence-electron chi connectivity index (χ0n) is 16.8. The first-order valence-corrected chi connectivity index (χ1v) is 9.63. The fourth-order valence-corrected chi connectivity index (χ4v) is 3.30. The molecule has 0 aliphatic rings. The predicted molar refractivity (Wildman–Crippen MR) is 111 cm³/mol. The van der Waals surface area contributed by atoms with E-state index in [0.29, 0.717) is 22.3 Å². The van der Waals surface area contributed by atoms with Gasteiger partial charge in [-0.15, -0.1) is 0 Å². The van der Waals surface area contributed by atoms with E-state index in [1.807, 2.05) is 0 Å². The molecule has 0 fully saturated rings. The molecule has 0 aliphatic carbocycles. The summed E-state index contributed by atoms with van der Waals surface area (Å²) in [5.74, 6) is -2.51. The number of ketones is 2. The molecule has 0 bridgehead atoms. The van der Waals surface area contributed by atoms with Crippen LogP contribution in [0.1, 0.15) is 55.4 Å². The molecule has 0 atom stereocenters. The van der Waals surface area contributed by atoms with E-state index in [9.17, 15) is 23.2 Å². The summed E-state index contributed by atoms with van der Waals surface area (Å²) in [6.07, 6.45) is -0.0492. The fraction of sp³-hybridized carbons (Fsp3) is 0.160. The molecular weight excluding hydrogens is 402 g/mol. The SMILES string of the molecule is COC(=O)c1cccc(C(CC(=O)c2ccc(F)cc2)CC(=O)c2ccc(F)cc2)c1. The lowest BCUT2D eigenvalue weighted by molar-refractivity contribution is 0.0600. The molecule has 0 spiro atoms. The van der Waals surface area contributed by atoms with Gasteiger partial charge < -0.3 is 4.74 Å². The lowest BCUT2D eigenvalue weighted by Crippen LogP contribution is -2.14. The lowest BCUT2D eigenvalue weighted by Gasteiger charge is -2.17. The van der Waals surface area contributed by atoms with Crippen molar-refractivity contribution in [2.45, 2.75) is 18.8 Å². The first-order valence-electron chi connectivity index (χ1n) is 9.63. The van der Waals surface area contributed by atoms with Gasteiger partial charge in [-0.1, -0.05) is 12.1 Å². The maximum atomic E-state index is 13.2. The molecule has 0 unspecified atom stereocenters. The third-order valence-electron chi connectivity index (χ3n) is 4.98. The Morgan fingerprint density at radius 1 is 0.742 bits per heavy atom. The lowest BCUT2D eigenvalue weighted by atomic mass is 9.85. The van der Waals surface area contributed by atoms with Crippen LogP contribution in [0.2, 0.25) is 0 Å². The normalized spacial score (nSPS) is 10.7. The first-order chi connectivity index (χ1) is 14.9. The van der Waals surface area contributed by atoms with Crippen molar-refractivity contribution in [3.05, 3.63) is 107 Å². The van der Waals surface area contributed by atoms with Crippen LogP contribution in [0.4, 0.5) is 8.78 Å². The van der Waals surface area contributed by atoms with Gasteiger partial charge in [0.15, 0.2) is 11.6 Å². The highest BCUT2D eigenvalue weighted by atomic mass is 19.1. The Balaban J connectivity index is 1.90. The van der Waals surface area contributed by atoms with Crippen molar-refractivity contribution in [1.82, 2.24) is 0 Å². The summed E-state index contributed by atoms with van der Waals surface area (Å²) in [6.45, 7) is 0. The van der Waals surface area contributed by atoms with Crippen LogP contribution in [0.5, 0.6) is 0 Å². The molecule has 0 N–H and O–H groups in total. The molecule has 4 nitrogen and oxygen atoms in total. The average molecular weight is 422 g/mol. The van der Waals surface area contributed by atoms with E-state index in [-0.39, 0.29) is 24.4 Å². The summed E-state index contributed by atoms with van der Waals surface area (Å²) in [4.78, 5) is 37.5. The second kappa shape index (κ2) is 9.89. The van der Waals surface area contributed by atoms with Gasteiger partial charge in [0.2, 0.25) is 0 Å². The largest absolute Gasteiger partial charge is 0.465 e. The maximum Gasteiger partial charge on any atom is 0.337 e. The summed E-state index contributed by atoms with van der Waals surface area (Å²) in [5.41, 5.74) is 1.57.